The Bertz CT molecular complexity index is 382. The molecule has 0 radical (unpaired) electrons. The van der Waals surface area contributed by atoms with Crippen molar-refractivity contribution in [1.82, 2.24) is 10.2 Å². The molecule has 1 aromatic rings. The lowest BCUT2D eigenvalue weighted by Gasteiger charge is -2.23. The second-order valence-electron chi connectivity index (χ2n) is 4.78. The highest BCUT2D eigenvalue weighted by molar-refractivity contribution is 5.81. The molecule has 106 valence electrons. The Balaban J connectivity index is 2.48. The molecule has 0 spiro atoms. The van der Waals surface area contributed by atoms with E-state index in [1.807, 2.05) is 25.7 Å². The molecule has 0 saturated carbocycles. The Hall–Kier alpha value is -1.35. The van der Waals surface area contributed by atoms with Gasteiger partial charge in [-0.25, -0.2) is 0 Å². The number of nitrogens with zero attached hydrogens (tertiary/aromatic N) is 1. The molecule has 0 bridgehead atoms. The lowest BCUT2D eigenvalue weighted by Crippen LogP contribution is -2.44. The first kappa shape index (κ1) is 15.7. The van der Waals surface area contributed by atoms with Crippen molar-refractivity contribution in [3.8, 4) is 0 Å². The van der Waals surface area contributed by atoms with E-state index in [9.17, 15) is 4.79 Å². The van der Waals surface area contributed by atoms with Gasteiger partial charge in [0.2, 0.25) is 5.91 Å². The van der Waals surface area contributed by atoms with Crippen molar-refractivity contribution in [1.29, 1.82) is 0 Å². The van der Waals surface area contributed by atoms with Crippen LogP contribution >= 0.6 is 0 Å². The van der Waals surface area contributed by atoms with Crippen molar-refractivity contribution in [2.24, 2.45) is 0 Å². The molecule has 0 saturated heterocycles. The first-order chi connectivity index (χ1) is 9.12. The number of hydrogen-bond donors (Lipinski definition) is 1. The summed E-state index contributed by atoms with van der Waals surface area (Å²) in [5.74, 6) is 0.176. The van der Waals surface area contributed by atoms with Crippen LogP contribution in [0.5, 0.6) is 0 Å². The van der Waals surface area contributed by atoms with Gasteiger partial charge < -0.3 is 10.2 Å². The van der Waals surface area contributed by atoms with E-state index in [1.54, 1.807) is 0 Å². The first-order valence-corrected chi connectivity index (χ1v) is 7.22. The van der Waals surface area contributed by atoms with Crippen LogP contribution in [0.15, 0.2) is 24.3 Å². The second kappa shape index (κ2) is 7.95. The van der Waals surface area contributed by atoms with Gasteiger partial charge in [-0.2, -0.15) is 0 Å². The molecule has 1 aromatic carbocycles. The molecule has 1 unspecified atom stereocenters. The monoisotopic (exact) mass is 262 g/mol. The van der Waals surface area contributed by atoms with E-state index in [1.165, 1.54) is 11.1 Å². The summed E-state index contributed by atoms with van der Waals surface area (Å²) in [4.78, 5) is 13.9. The molecule has 3 heteroatoms. The summed E-state index contributed by atoms with van der Waals surface area (Å²) in [6.45, 7) is 10.4. The van der Waals surface area contributed by atoms with Gasteiger partial charge >= 0.3 is 0 Å². The van der Waals surface area contributed by atoms with E-state index in [4.69, 9.17) is 0 Å². The Labute approximate surface area is 117 Å². The summed E-state index contributed by atoms with van der Waals surface area (Å²) >= 11 is 0. The van der Waals surface area contributed by atoms with E-state index in [-0.39, 0.29) is 11.9 Å². The molecular formula is C16H26N2O. The minimum atomic E-state index is -0.134. The van der Waals surface area contributed by atoms with E-state index in [0.717, 1.165) is 26.1 Å². The molecule has 3 nitrogen and oxygen atoms in total. The average Bonchev–Trinajstić information content (AvgIpc) is 2.46. The summed E-state index contributed by atoms with van der Waals surface area (Å²) in [7, 11) is 0. The van der Waals surface area contributed by atoms with Crippen LogP contribution in [0.25, 0.3) is 0 Å². The highest BCUT2D eigenvalue weighted by Crippen LogP contribution is 2.05. The summed E-state index contributed by atoms with van der Waals surface area (Å²) in [5.41, 5.74) is 2.56. The lowest BCUT2D eigenvalue weighted by atomic mass is 10.1. The van der Waals surface area contributed by atoms with Gasteiger partial charge in [0, 0.05) is 19.6 Å². The number of carbonyl (C=O) groups excluding carboxylic acids is 1. The number of aryl methyl sites for hydroxylation is 1. The highest BCUT2D eigenvalue weighted by Gasteiger charge is 2.17. The Kier molecular flexibility index (Phi) is 6.57. The zero-order valence-corrected chi connectivity index (χ0v) is 12.6. The van der Waals surface area contributed by atoms with Crippen molar-refractivity contribution in [3.63, 3.8) is 0 Å². The standard InChI is InChI=1S/C16H26N2O/c1-5-14-8-10-15(11-9-14)12-17-13(4)16(19)18(6-2)7-3/h8-11,13,17H,5-7,12H2,1-4H3. The predicted molar refractivity (Wildman–Crippen MR) is 80.0 cm³/mol. The van der Waals surface area contributed by atoms with Crippen LogP contribution in [0.1, 0.15) is 38.8 Å². The van der Waals surface area contributed by atoms with Crippen molar-refractivity contribution in [2.45, 2.75) is 46.7 Å². The van der Waals surface area contributed by atoms with E-state index in [2.05, 4.69) is 36.5 Å². The summed E-state index contributed by atoms with van der Waals surface area (Å²) in [6, 6.07) is 8.41. The third kappa shape index (κ3) is 4.67. The van der Waals surface area contributed by atoms with Crippen molar-refractivity contribution in [2.75, 3.05) is 13.1 Å². The molecule has 1 atom stereocenters. The molecule has 0 aliphatic heterocycles. The fraction of sp³-hybridized carbons (Fsp3) is 0.562. The third-order valence-electron chi connectivity index (χ3n) is 3.49. The first-order valence-electron chi connectivity index (χ1n) is 7.22. The Morgan fingerprint density at radius 3 is 2.11 bits per heavy atom. The summed E-state index contributed by atoms with van der Waals surface area (Å²) in [6.07, 6.45) is 1.06. The van der Waals surface area contributed by atoms with Crippen LogP contribution in [0.4, 0.5) is 0 Å². The van der Waals surface area contributed by atoms with Gasteiger partial charge in [-0.1, -0.05) is 31.2 Å². The maximum absolute atomic E-state index is 12.1. The van der Waals surface area contributed by atoms with Crippen LogP contribution in [0.2, 0.25) is 0 Å². The number of rotatable bonds is 7. The van der Waals surface area contributed by atoms with Gasteiger partial charge in [0.15, 0.2) is 0 Å². The predicted octanol–water partition coefficient (Wildman–Crippen LogP) is 2.60. The number of likely N-dealkylation sites (N-methyl/N-ethyl adjacent to an activating group) is 1. The van der Waals surface area contributed by atoms with Crippen LogP contribution in [-0.2, 0) is 17.8 Å². The molecule has 0 heterocycles. The minimum absolute atomic E-state index is 0.134. The van der Waals surface area contributed by atoms with Crippen molar-refractivity contribution < 1.29 is 4.79 Å². The maximum Gasteiger partial charge on any atom is 0.239 e. The summed E-state index contributed by atoms with van der Waals surface area (Å²) in [5, 5.41) is 3.29. The number of benzene rings is 1. The fourth-order valence-corrected chi connectivity index (χ4v) is 2.06. The third-order valence-corrected chi connectivity index (χ3v) is 3.49. The van der Waals surface area contributed by atoms with Crippen molar-refractivity contribution in [3.05, 3.63) is 35.4 Å². The molecule has 0 aliphatic carbocycles. The molecule has 1 amide bonds. The molecular weight excluding hydrogens is 236 g/mol. The van der Waals surface area contributed by atoms with E-state index in [0.29, 0.717) is 0 Å². The minimum Gasteiger partial charge on any atom is -0.342 e. The van der Waals surface area contributed by atoms with Gasteiger partial charge in [0.25, 0.3) is 0 Å². The van der Waals surface area contributed by atoms with Gasteiger partial charge in [-0.15, -0.1) is 0 Å². The van der Waals surface area contributed by atoms with Gasteiger partial charge in [0.05, 0.1) is 6.04 Å². The summed E-state index contributed by atoms with van der Waals surface area (Å²) < 4.78 is 0. The lowest BCUT2D eigenvalue weighted by molar-refractivity contribution is -0.132. The van der Waals surface area contributed by atoms with Crippen molar-refractivity contribution >= 4 is 5.91 Å². The maximum atomic E-state index is 12.1. The van der Waals surface area contributed by atoms with Gasteiger partial charge in [-0.05, 0) is 38.3 Å². The molecule has 1 N–H and O–H groups in total. The molecule has 0 aliphatic rings. The molecule has 0 fully saturated rings. The zero-order chi connectivity index (χ0) is 14.3. The number of nitrogens with one attached hydrogen (secondary N) is 1. The SMILES string of the molecule is CCc1ccc(CNC(C)C(=O)N(CC)CC)cc1. The topological polar surface area (TPSA) is 32.3 Å². The Morgan fingerprint density at radius 2 is 1.63 bits per heavy atom. The average molecular weight is 262 g/mol. The molecule has 19 heavy (non-hydrogen) atoms. The fourth-order valence-electron chi connectivity index (χ4n) is 2.06. The van der Waals surface area contributed by atoms with Crippen LogP contribution in [0.3, 0.4) is 0 Å². The number of amides is 1. The van der Waals surface area contributed by atoms with Gasteiger partial charge in [-0.3, -0.25) is 4.79 Å². The number of carbonyl (C=O) groups is 1. The highest BCUT2D eigenvalue weighted by atomic mass is 16.2. The molecule has 1 rings (SSSR count). The Morgan fingerprint density at radius 1 is 1.11 bits per heavy atom. The van der Waals surface area contributed by atoms with E-state index >= 15 is 0 Å². The van der Waals surface area contributed by atoms with Crippen LogP contribution in [-0.4, -0.2) is 29.9 Å². The smallest absolute Gasteiger partial charge is 0.239 e. The largest absolute Gasteiger partial charge is 0.342 e. The number of hydrogen-bond acceptors (Lipinski definition) is 2. The quantitative estimate of drug-likeness (QED) is 0.819. The second-order valence-corrected chi connectivity index (χ2v) is 4.78. The van der Waals surface area contributed by atoms with Gasteiger partial charge in [0.1, 0.15) is 0 Å². The van der Waals surface area contributed by atoms with Crippen LogP contribution in [0, 0.1) is 0 Å². The van der Waals surface area contributed by atoms with Crippen LogP contribution < -0.4 is 5.32 Å². The normalized spacial score (nSPS) is 12.2. The molecule has 0 aromatic heterocycles. The zero-order valence-electron chi connectivity index (χ0n) is 12.6. The van der Waals surface area contributed by atoms with E-state index < -0.39 is 0 Å².